The van der Waals surface area contributed by atoms with Gasteiger partial charge in [-0.25, -0.2) is 0 Å². The molecule has 1 aromatic rings. The summed E-state index contributed by atoms with van der Waals surface area (Å²) in [6.45, 7) is 1.54. The van der Waals surface area contributed by atoms with E-state index in [-0.39, 0.29) is 17.9 Å². The summed E-state index contributed by atoms with van der Waals surface area (Å²) < 4.78 is 0. The predicted molar refractivity (Wildman–Crippen MR) is 53.9 cm³/mol. The zero-order valence-electron chi connectivity index (χ0n) is 8.57. The Kier molecular flexibility index (Phi) is 2.93. The number of hydrogen-bond acceptors (Lipinski definition) is 4. The van der Waals surface area contributed by atoms with E-state index in [1.807, 2.05) is 0 Å². The molecule has 82 valence electrons. The zero-order valence-corrected chi connectivity index (χ0v) is 8.57. The molecule has 2 amide bonds. The van der Waals surface area contributed by atoms with Crippen LogP contribution >= 0.6 is 0 Å². The Morgan fingerprint density at radius 3 is 2.53 bits per heavy atom. The van der Waals surface area contributed by atoms with Gasteiger partial charge in [0.15, 0.2) is 5.69 Å². The van der Waals surface area contributed by atoms with Gasteiger partial charge in [-0.15, -0.1) is 0 Å². The van der Waals surface area contributed by atoms with Gasteiger partial charge >= 0.3 is 0 Å². The van der Waals surface area contributed by atoms with Crippen LogP contribution in [0.1, 0.15) is 16.2 Å². The predicted octanol–water partition coefficient (Wildman–Crippen LogP) is -1.14. The first-order valence-electron chi connectivity index (χ1n) is 4.27. The number of nitrogens with zero attached hydrogens (tertiary/aromatic N) is 2. The Hall–Kier alpha value is -2.05. The molecule has 0 unspecified atom stereocenters. The lowest BCUT2D eigenvalue weighted by Gasteiger charge is -2.13. The van der Waals surface area contributed by atoms with Crippen LogP contribution in [0, 0.1) is 6.92 Å². The van der Waals surface area contributed by atoms with Gasteiger partial charge in [0.25, 0.3) is 5.91 Å². The first-order chi connectivity index (χ1) is 6.93. The maximum absolute atomic E-state index is 11.7. The Balaban J connectivity index is 2.85. The van der Waals surface area contributed by atoms with Gasteiger partial charge in [-0.2, -0.15) is 5.10 Å². The Labute approximate surface area is 86.4 Å². The third-order valence-electron chi connectivity index (χ3n) is 1.94. The quantitative estimate of drug-likeness (QED) is 0.585. The molecule has 0 aliphatic heterocycles. The summed E-state index contributed by atoms with van der Waals surface area (Å²) in [5.74, 6) is -1.02. The van der Waals surface area contributed by atoms with Crippen LogP contribution in [-0.2, 0) is 4.79 Å². The smallest absolute Gasteiger partial charge is 0.276 e. The van der Waals surface area contributed by atoms with Crippen molar-refractivity contribution in [3.8, 4) is 0 Å². The zero-order chi connectivity index (χ0) is 11.6. The lowest BCUT2D eigenvalue weighted by atomic mass is 10.3. The highest BCUT2D eigenvalue weighted by Crippen LogP contribution is 2.13. The Bertz CT molecular complexity index is 398. The second kappa shape index (κ2) is 3.99. The van der Waals surface area contributed by atoms with Crippen LogP contribution in [0.15, 0.2) is 0 Å². The number of carbonyl (C=O) groups is 2. The lowest BCUT2D eigenvalue weighted by Crippen LogP contribution is -2.35. The number of nitrogen functional groups attached to an aromatic ring is 1. The van der Waals surface area contributed by atoms with Gasteiger partial charge in [0.05, 0.1) is 17.9 Å². The normalized spacial score (nSPS) is 10.0. The van der Waals surface area contributed by atoms with E-state index in [4.69, 9.17) is 11.5 Å². The van der Waals surface area contributed by atoms with E-state index in [1.54, 1.807) is 6.92 Å². The van der Waals surface area contributed by atoms with E-state index >= 15 is 0 Å². The average Bonchev–Trinajstić information content (AvgIpc) is 2.45. The van der Waals surface area contributed by atoms with Crippen molar-refractivity contribution in [2.45, 2.75) is 6.92 Å². The number of carbonyl (C=O) groups excluding carboxylic acids is 2. The van der Waals surface area contributed by atoms with Gasteiger partial charge in [-0.05, 0) is 6.92 Å². The van der Waals surface area contributed by atoms with Crippen LogP contribution in [0.2, 0.25) is 0 Å². The van der Waals surface area contributed by atoms with Crippen LogP contribution in [0.3, 0.4) is 0 Å². The average molecular weight is 211 g/mol. The summed E-state index contributed by atoms with van der Waals surface area (Å²) in [7, 11) is 1.45. The van der Waals surface area contributed by atoms with E-state index in [0.29, 0.717) is 5.69 Å². The molecule has 0 spiro atoms. The number of amides is 2. The molecule has 1 heterocycles. The van der Waals surface area contributed by atoms with Gasteiger partial charge in [-0.3, -0.25) is 14.7 Å². The number of nitrogens with two attached hydrogens (primary N) is 2. The van der Waals surface area contributed by atoms with Crippen molar-refractivity contribution in [1.82, 2.24) is 15.1 Å². The molecule has 0 fully saturated rings. The van der Waals surface area contributed by atoms with Gasteiger partial charge in [0.2, 0.25) is 5.91 Å². The van der Waals surface area contributed by atoms with Gasteiger partial charge < -0.3 is 16.4 Å². The molecule has 0 aliphatic carbocycles. The van der Waals surface area contributed by atoms with Crippen molar-refractivity contribution in [2.24, 2.45) is 5.73 Å². The highest BCUT2D eigenvalue weighted by Gasteiger charge is 2.19. The van der Waals surface area contributed by atoms with E-state index in [2.05, 4.69) is 10.2 Å². The number of hydrogen-bond donors (Lipinski definition) is 3. The van der Waals surface area contributed by atoms with Crippen molar-refractivity contribution in [2.75, 3.05) is 19.3 Å². The number of likely N-dealkylation sites (N-methyl/N-ethyl adjacent to an activating group) is 1. The molecule has 0 bridgehead atoms. The lowest BCUT2D eigenvalue weighted by molar-refractivity contribution is -0.118. The van der Waals surface area contributed by atoms with Gasteiger partial charge in [0, 0.05) is 7.05 Å². The topological polar surface area (TPSA) is 118 Å². The Morgan fingerprint density at radius 2 is 2.13 bits per heavy atom. The molecule has 0 aliphatic rings. The molecule has 0 saturated heterocycles. The van der Waals surface area contributed by atoms with E-state index < -0.39 is 11.8 Å². The van der Waals surface area contributed by atoms with Crippen molar-refractivity contribution >= 4 is 17.5 Å². The highest BCUT2D eigenvalue weighted by molar-refractivity contribution is 5.99. The monoisotopic (exact) mass is 211 g/mol. The van der Waals surface area contributed by atoms with E-state index in [1.165, 1.54) is 7.05 Å². The number of aromatic amines is 1. The van der Waals surface area contributed by atoms with E-state index in [0.717, 1.165) is 4.90 Å². The van der Waals surface area contributed by atoms with E-state index in [9.17, 15) is 9.59 Å². The number of nitrogens with one attached hydrogen (secondary N) is 1. The molecule has 5 N–H and O–H groups in total. The molecule has 1 rings (SSSR count). The van der Waals surface area contributed by atoms with Crippen LogP contribution in [0.5, 0.6) is 0 Å². The molecular weight excluding hydrogens is 198 g/mol. The highest BCUT2D eigenvalue weighted by atomic mass is 16.2. The number of aromatic nitrogens is 2. The third-order valence-corrected chi connectivity index (χ3v) is 1.94. The fourth-order valence-corrected chi connectivity index (χ4v) is 1.09. The molecular formula is C8H13N5O2. The molecule has 15 heavy (non-hydrogen) atoms. The summed E-state index contributed by atoms with van der Waals surface area (Å²) >= 11 is 0. The minimum absolute atomic E-state index is 0.108. The summed E-state index contributed by atoms with van der Waals surface area (Å²) in [5, 5.41) is 6.34. The largest absolute Gasteiger partial charge is 0.395 e. The van der Waals surface area contributed by atoms with Crippen molar-refractivity contribution in [3.05, 3.63) is 11.4 Å². The second-order valence-corrected chi connectivity index (χ2v) is 3.24. The number of anilines is 1. The number of rotatable bonds is 3. The first-order valence-corrected chi connectivity index (χ1v) is 4.27. The SMILES string of the molecule is Cc1[nH]nc(C(=O)N(C)CC(N)=O)c1N. The molecule has 0 aromatic carbocycles. The third kappa shape index (κ3) is 2.25. The minimum atomic E-state index is -0.586. The van der Waals surface area contributed by atoms with Crippen LogP contribution in [0.4, 0.5) is 5.69 Å². The standard InChI is InChI=1S/C8H13N5O2/c1-4-6(10)7(12-11-4)8(15)13(2)3-5(9)14/h3,10H2,1-2H3,(H2,9,14)(H,11,12). The fraction of sp³-hybridized carbons (Fsp3) is 0.375. The van der Waals surface area contributed by atoms with Crippen LogP contribution < -0.4 is 11.5 Å². The molecule has 0 saturated carbocycles. The molecule has 7 heteroatoms. The maximum Gasteiger partial charge on any atom is 0.276 e. The maximum atomic E-state index is 11.7. The number of primary amides is 1. The minimum Gasteiger partial charge on any atom is -0.395 e. The van der Waals surface area contributed by atoms with Gasteiger partial charge in [-0.1, -0.05) is 0 Å². The summed E-state index contributed by atoms with van der Waals surface area (Å²) in [6.07, 6.45) is 0. The number of aryl methyl sites for hydroxylation is 1. The Morgan fingerprint density at radius 1 is 1.53 bits per heavy atom. The van der Waals surface area contributed by atoms with Gasteiger partial charge in [0.1, 0.15) is 0 Å². The molecule has 0 atom stereocenters. The molecule has 7 nitrogen and oxygen atoms in total. The van der Waals surface area contributed by atoms with Crippen LogP contribution in [-0.4, -0.2) is 40.5 Å². The summed E-state index contributed by atoms with van der Waals surface area (Å²) in [4.78, 5) is 23.4. The first kappa shape index (κ1) is 11.0. The van der Waals surface area contributed by atoms with Crippen LogP contribution in [0.25, 0.3) is 0 Å². The van der Waals surface area contributed by atoms with Crippen molar-refractivity contribution < 1.29 is 9.59 Å². The molecule has 0 radical (unpaired) electrons. The second-order valence-electron chi connectivity index (χ2n) is 3.24. The number of H-pyrrole nitrogens is 1. The summed E-state index contributed by atoms with van der Waals surface area (Å²) in [6, 6.07) is 0. The fourth-order valence-electron chi connectivity index (χ4n) is 1.09. The van der Waals surface area contributed by atoms with Crippen molar-refractivity contribution in [3.63, 3.8) is 0 Å². The van der Waals surface area contributed by atoms with Crippen molar-refractivity contribution in [1.29, 1.82) is 0 Å². The summed E-state index contributed by atoms with van der Waals surface area (Å²) in [5.41, 5.74) is 11.6. The molecule has 1 aromatic heterocycles.